The Balaban J connectivity index is 2.14. The molecule has 0 fully saturated rings. The van der Waals surface area contributed by atoms with E-state index in [1.54, 1.807) is 0 Å². The molecule has 0 N–H and O–H groups in total. The third kappa shape index (κ3) is 2.58. The minimum absolute atomic E-state index is 0.579. The fraction of sp³-hybridized carbons (Fsp3) is 0.316. The zero-order valence-electron chi connectivity index (χ0n) is 13.2. The Morgan fingerprint density at radius 1 is 1.14 bits per heavy atom. The summed E-state index contributed by atoms with van der Waals surface area (Å²) in [7, 11) is 0. The van der Waals surface area contributed by atoms with Crippen molar-refractivity contribution in [1.82, 2.24) is 9.55 Å². The zero-order valence-corrected chi connectivity index (χ0v) is 13.2. The van der Waals surface area contributed by atoms with Crippen molar-refractivity contribution in [3.8, 4) is 5.69 Å². The minimum atomic E-state index is 0.579. The number of imidazole rings is 1. The van der Waals surface area contributed by atoms with E-state index in [1.807, 2.05) is 6.20 Å². The molecule has 0 radical (unpaired) electrons. The first-order valence-corrected chi connectivity index (χ1v) is 7.56. The summed E-state index contributed by atoms with van der Waals surface area (Å²) in [4.78, 5) is 4.60. The second-order valence-corrected chi connectivity index (χ2v) is 6.11. The number of hydrogen-bond acceptors (Lipinski definition) is 1. The average molecular weight is 278 g/mol. The van der Waals surface area contributed by atoms with E-state index < -0.39 is 0 Å². The second-order valence-electron chi connectivity index (χ2n) is 6.11. The normalized spacial score (nSPS) is 17.9. The highest BCUT2D eigenvalue weighted by molar-refractivity contribution is 5.72. The Kier molecular flexibility index (Phi) is 3.54. The lowest BCUT2D eigenvalue weighted by Gasteiger charge is -2.17. The lowest BCUT2D eigenvalue weighted by atomic mass is 9.97. The number of hydrogen-bond donors (Lipinski definition) is 0. The maximum absolute atomic E-state index is 4.60. The quantitative estimate of drug-likeness (QED) is 0.773. The van der Waals surface area contributed by atoms with Crippen molar-refractivity contribution >= 4 is 5.57 Å². The molecule has 3 rings (SSSR count). The number of allylic oxidation sites excluding steroid dienone is 4. The van der Waals surface area contributed by atoms with Gasteiger partial charge in [0.25, 0.3) is 0 Å². The van der Waals surface area contributed by atoms with Gasteiger partial charge in [0, 0.05) is 18.0 Å². The van der Waals surface area contributed by atoms with Crippen molar-refractivity contribution in [3.63, 3.8) is 0 Å². The van der Waals surface area contributed by atoms with Gasteiger partial charge in [-0.25, -0.2) is 4.98 Å². The molecule has 1 heterocycles. The van der Waals surface area contributed by atoms with Crippen molar-refractivity contribution in [3.05, 3.63) is 65.3 Å². The molecular formula is C19H22N2. The molecule has 1 unspecified atom stereocenters. The highest BCUT2D eigenvalue weighted by atomic mass is 15.1. The molecular weight excluding hydrogens is 256 g/mol. The van der Waals surface area contributed by atoms with E-state index in [2.05, 4.69) is 73.8 Å². The summed E-state index contributed by atoms with van der Waals surface area (Å²) in [5, 5.41) is 0. The lowest BCUT2D eigenvalue weighted by Crippen LogP contribution is -2.06. The Hall–Kier alpha value is -2.09. The summed E-state index contributed by atoms with van der Waals surface area (Å²) in [6, 6.07) is 4.47. The molecule has 2 heteroatoms. The van der Waals surface area contributed by atoms with Crippen molar-refractivity contribution in [2.24, 2.45) is 5.92 Å². The van der Waals surface area contributed by atoms with Crippen LogP contribution >= 0.6 is 0 Å². The molecule has 0 spiro atoms. The molecule has 0 bridgehead atoms. The molecule has 0 aliphatic heterocycles. The molecule has 0 saturated heterocycles. The standard InChI is InChI=1S/C19H22N2/c1-13-6-5-7-17(12-13)19-20-8-9-21(19)18-15(3)10-14(2)11-16(18)4/h5,7-13H,6H2,1-4H3. The molecule has 1 aromatic carbocycles. The van der Waals surface area contributed by atoms with E-state index in [0.717, 1.165) is 12.2 Å². The largest absolute Gasteiger partial charge is 0.299 e. The van der Waals surface area contributed by atoms with Gasteiger partial charge >= 0.3 is 0 Å². The summed E-state index contributed by atoms with van der Waals surface area (Å²) in [6.07, 6.45) is 11.8. The number of rotatable bonds is 2. The molecule has 1 aliphatic carbocycles. The van der Waals surface area contributed by atoms with Crippen molar-refractivity contribution in [1.29, 1.82) is 0 Å². The Bertz CT molecular complexity index is 709. The predicted molar refractivity (Wildman–Crippen MR) is 88.7 cm³/mol. The van der Waals surface area contributed by atoms with Gasteiger partial charge in [0.2, 0.25) is 0 Å². The summed E-state index contributed by atoms with van der Waals surface area (Å²) in [5.74, 6) is 1.61. The molecule has 1 atom stereocenters. The maximum atomic E-state index is 4.60. The third-order valence-electron chi connectivity index (χ3n) is 4.04. The SMILES string of the molecule is Cc1cc(C)c(-n2ccnc2C2=CC(C)CC=C2)c(C)c1. The van der Waals surface area contributed by atoms with Gasteiger partial charge in [-0.2, -0.15) is 0 Å². The topological polar surface area (TPSA) is 17.8 Å². The smallest absolute Gasteiger partial charge is 0.144 e. The number of aromatic nitrogens is 2. The van der Waals surface area contributed by atoms with Gasteiger partial charge in [0.05, 0.1) is 5.69 Å². The van der Waals surface area contributed by atoms with Gasteiger partial charge in [0.1, 0.15) is 5.82 Å². The fourth-order valence-electron chi connectivity index (χ4n) is 3.24. The van der Waals surface area contributed by atoms with Crippen LogP contribution in [0.1, 0.15) is 35.9 Å². The van der Waals surface area contributed by atoms with E-state index >= 15 is 0 Å². The Morgan fingerprint density at radius 3 is 2.52 bits per heavy atom. The zero-order chi connectivity index (χ0) is 15.0. The predicted octanol–water partition coefficient (Wildman–Crippen LogP) is 4.78. The lowest BCUT2D eigenvalue weighted by molar-refractivity contribution is 0.738. The van der Waals surface area contributed by atoms with E-state index in [4.69, 9.17) is 0 Å². The molecule has 0 saturated carbocycles. The first-order chi connectivity index (χ1) is 10.1. The van der Waals surface area contributed by atoms with Crippen LogP contribution in [0.25, 0.3) is 11.3 Å². The van der Waals surface area contributed by atoms with Crippen LogP contribution < -0.4 is 0 Å². The number of benzene rings is 1. The van der Waals surface area contributed by atoms with Gasteiger partial charge in [-0.15, -0.1) is 0 Å². The highest BCUT2D eigenvalue weighted by Crippen LogP contribution is 2.28. The molecule has 1 aliphatic rings. The van der Waals surface area contributed by atoms with E-state index in [0.29, 0.717) is 5.92 Å². The summed E-state index contributed by atoms with van der Waals surface area (Å²) < 4.78 is 2.22. The van der Waals surface area contributed by atoms with Crippen LogP contribution in [0.3, 0.4) is 0 Å². The van der Waals surface area contributed by atoms with Crippen LogP contribution in [0.15, 0.2) is 42.8 Å². The Labute approximate surface area is 126 Å². The van der Waals surface area contributed by atoms with Gasteiger partial charge in [0.15, 0.2) is 0 Å². The molecule has 1 aromatic heterocycles. The van der Waals surface area contributed by atoms with Crippen LogP contribution in [-0.2, 0) is 0 Å². The van der Waals surface area contributed by atoms with Gasteiger partial charge in [-0.1, -0.05) is 42.8 Å². The van der Waals surface area contributed by atoms with Crippen LogP contribution in [0.4, 0.5) is 0 Å². The average Bonchev–Trinajstić information content (AvgIpc) is 2.86. The molecule has 2 aromatic rings. The number of nitrogens with zero attached hydrogens (tertiary/aromatic N) is 2. The van der Waals surface area contributed by atoms with E-state index in [9.17, 15) is 0 Å². The molecule has 2 nitrogen and oxygen atoms in total. The van der Waals surface area contributed by atoms with Gasteiger partial charge in [-0.3, -0.25) is 4.57 Å². The monoisotopic (exact) mass is 278 g/mol. The number of aryl methyl sites for hydroxylation is 3. The van der Waals surface area contributed by atoms with Gasteiger partial charge < -0.3 is 0 Å². The Morgan fingerprint density at radius 2 is 1.86 bits per heavy atom. The highest BCUT2D eigenvalue weighted by Gasteiger charge is 2.15. The van der Waals surface area contributed by atoms with E-state index in [1.165, 1.54) is 28.0 Å². The molecule has 21 heavy (non-hydrogen) atoms. The van der Waals surface area contributed by atoms with Crippen LogP contribution in [0.5, 0.6) is 0 Å². The van der Waals surface area contributed by atoms with Crippen molar-refractivity contribution in [2.45, 2.75) is 34.1 Å². The minimum Gasteiger partial charge on any atom is -0.299 e. The second kappa shape index (κ2) is 5.36. The molecule has 108 valence electrons. The third-order valence-corrected chi connectivity index (χ3v) is 4.04. The van der Waals surface area contributed by atoms with Crippen LogP contribution in [-0.4, -0.2) is 9.55 Å². The molecule has 0 amide bonds. The van der Waals surface area contributed by atoms with Crippen molar-refractivity contribution < 1.29 is 0 Å². The first-order valence-electron chi connectivity index (χ1n) is 7.56. The summed E-state index contributed by atoms with van der Waals surface area (Å²) >= 11 is 0. The maximum Gasteiger partial charge on any atom is 0.144 e. The fourth-order valence-corrected chi connectivity index (χ4v) is 3.24. The van der Waals surface area contributed by atoms with Gasteiger partial charge in [-0.05, 0) is 44.2 Å². The van der Waals surface area contributed by atoms with Crippen LogP contribution in [0.2, 0.25) is 0 Å². The summed E-state index contributed by atoms with van der Waals surface area (Å²) in [5.41, 5.74) is 6.36. The first kappa shape index (κ1) is 13.9. The van der Waals surface area contributed by atoms with Crippen molar-refractivity contribution in [2.75, 3.05) is 0 Å². The van der Waals surface area contributed by atoms with E-state index in [-0.39, 0.29) is 0 Å². The van der Waals surface area contributed by atoms with Crippen LogP contribution in [0, 0.1) is 26.7 Å². The summed E-state index contributed by atoms with van der Waals surface area (Å²) in [6.45, 7) is 8.74.